The zero-order valence-electron chi connectivity index (χ0n) is 21.8. The molecule has 2 N–H and O–H groups in total. The Kier molecular flexibility index (Phi) is 7.21. The van der Waals surface area contributed by atoms with Crippen LogP contribution in [0.5, 0.6) is 0 Å². The first-order chi connectivity index (χ1) is 18.2. The molecular formula is C29H32N4O4S. The number of benzene rings is 2. The van der Waals surface area contributed by atoms with Gasteiger partial charge in [-0.1, -0.05) is 42.5 Å². The number of hydrogen-bond donors (Lipinski definition) is 2. The minimum absolute atomic E-state index is 0.0296. The average Bonchev–Trinajstić information content (AvgIpc) is 3.38. The molecule has 2 heterocycles. The van der Waals surface area contributed by atoms with Crippen LogP contribution in [-0.4, -0.2) is 52.0 Å². The van der Waals surface area contributed by atoms with Crippen molar-refractivity contribution >= 4 is 34.4 Å². The van der Waals surface area contributed by atoms with Crippen LogP contribution in [0.1, 0.15) is 61.9 Å². The van der Waals surface area contributed by atoms with Gasteiger partial charge >= 0.3 is 6.09 Å². The lowest BCUT2D eigenvalue weighted by molar-refractivity contribution is -0.120. The molecule has 2 aromatic carbocycles. The highest BCUT2D eigenvalue weighted by Crippen LogP contribution is 2.34. The van der Waals surface area contributed by atoms with Crippen LogP contribution in [0.2, 0.25) is 0 Å². The standard InChI is InChI=1S/C29H32N4O4S/c1-29(2,3)37-28(36)33-16-21(18-7-5-4-6-8-18)15-24(33)26(35)32-27-31-23(17-38-27)19-9-11-20(12-10-19)25(34)30-22-13-14-22/h4-12,17,21-22,24H,13-16H2,1-3H3,(H,30,34)(H,31,32,35)/t21-,24?/m0/s1. The third-order valence-electron chi connectivity index (χ3n) is 6.59. The van der Waals surface area contributed by atoms with Gasteiger partial charge in [-0.2, -0.15) is 0 Å². The van der Waals surface area contributed by atoms with Crippen LogP contribution < -0.4 is 10.6 Å². The molecule has 3 aromatic rings. The summed E-state index contributed by atoms with van der Waals surface area (Å²) in [5, 5.41) is 8.20. The van der Waals surface area contributed by atoms with E-state index in [0.29, 0.717) is 35.4 Å². The van der Waals surface area contributed by atoms with Gasteiger partial charge in [-0.15, -0.1) is 11.3 Å². The summed E-state index contributed by atoms with van der Waals surface area (Å²) in [6.07, 6.45) is 2.08. The van der Waals surface area contributed by atoms with Gasteiger partial charge in [-0.05, 0) is 57.7 Å². The van der Waals surface area contributed by atoms with Gasteiger partial charge in [0, 0.05) is 35.0 Å². The van der Waals surface area contributed by atoms with E-state index in [1.165, 1.54) is 16.2 Å². The van der Waals surface area contributed by atoms with E-state index >= 15 is 0 Å². The Balaban J connectivity index is 1.28. The van der Waals surface area contributed by atoms with E-state index < -0.39 is 17.7 Å². The predicted octanol–water partition coefficient (Wildman–Crippen LogP) is 5.43. The topological polar surface area (TPSA) is 101 Å². The highest BCUT2D eigenvalue weighted by atomic mass is 32.1. The first-order valence-corrected chi connectivity index (χ1v) is 13.8. The average molecular weight is 533 g/mol. The maximum absolute atomic E-state index is 13.4. The van der Waals surface area contributed by atoms with E-state index in [4.69, 9.17) is 4.74 Å². The fourth-order valence-electron chi connectivity index (χ4n) is 4.51. The van der Waals surface area contributed by atoms with Crippen molar-refractivity contribution in [2.45, 2.75) is 63.6 Å². The number of ether oxygens (including phenoxy) is 1. The molecule has 1 aliphatic carbocycles. The van der Waals surface area contributed by atoms with Gasteiger partial charge < -0.3 is 15.4 Å². The van der Waals surface area contributed by atoms with Crippen molar-refractivity contribution in [1.82, 2.24) is 15.2 Å². The molecule has 8 nitrogen and oxygen atoms in total. The molecule has 1 unspecified atom stereocenters. The Bertz CT molecular complexity index is 1310. The molecule has 0 spiro atoms. The number of carbonyl (C=O) groups excluding carboxylic acids is 3. The second kappa shape index (κ2) is 10.6. The lowest BCUT2D eigenvalue weighted by Crippen LogP contribution is -2.45. The SMILES string of the molecule is CC(C)(C)OC(=O)N1C[C@@H](c2ccccc2)CC1C(=O)Nc1nc(-c2ccc(C(=O)NC3CC3)cc2)cs1. The van der Waals surface area contributed by atoms with Crippen LogP contribution >= 0.6 is 11.3 Å². The van der Waals surface area contributed by atoms with Crippen LogP contribution in [0.25, 0.3) is 11.3 Å². The Morgan fingerprint density at radius 2 is 1.74 bits per heavy atom. The molecule has 1 saturated heterocycles. The van der Waals surface area contributed by atoms with E-state index in [0.717, 1.165) is 24.0 Å². The molecule has 9 heteroatoms. The molecule has 0 radical (unpaired) electrons. The lowest BCUT2D eigenvalue weighted by Gasteiger charge is -2.27. The van der Waals surface area contributed by atoms with E-state index in [-0.39, 0.29) is 17.7 Å². The van der Waals surface area contributed by atoms with Crippen LogP contribution in [0, 0.1) is 0 Å². The third-order valence-corrected chi connectivity index (χ3v) is 7.35. The van der Waals surface area contributed by atoms with Crippen molar-refractivity contribution in [2.24, 2.45) is 0 Å². The van der Waals surface area contributed by atoms with E-state index in [1.54, 1.807) is 12.1 Å². The summed E-state index contributed by atoms with van der Waals surface area (Å²) in [5.74, 6) is -0.325. The normalized spacial score (nSPS) is 19.2. The van der Waals surface area contributed by atoms with Gasteiger partial charge in [-0.25, -0.2) is 9.78 Å². The molecule has 3 amide bonds. The van der Waals surface area contributed by atoms with Gasteiger partial charge in [0.2, 0.25) is 5.91 Å². The predicted molar refractivity (Wildman–Crippen MR) is 147 cm³/mol. The number of hydrogen-bond acceptors (Lipinski definition) is 6. The van der Waals surface area contributed by atoms with Crippen molar-refractivity contribution in [3.63, 3.8) is 0 Å². The highest BCUT2D eigenvalue weighted by molar-refractivity contribution is 7.14. The first-order valence-electron chi connectivity index (χ1n) is 12.9. The molecule has 198 valence electrons. The Morgan fingerprint density at radius 1 is 1.03 bits per heavy atom. The van der Waals surface area contributed by atoms with Crippen LogP contribution in [0.4, 0.5) is 9.93 Å². The number of rotatable bonds is 6. The minimum atomic E-state index is -0.674. The molecule has 2 fully saturated rings. The maximum Gasteiger partial charge on any atom is 0.410 e. The molecular weight excluding hydrogens is 500 g/mol. The largest absolute Gasteiger partial charge is 0.444 e. The molecule has 2 aliphatic rings. The van der Waals surface area contributed by atoms with Gasteiger partial charge in [0.15, 0.2) is 5.13 Å². The number of thiazole rings is 1. The van der Waals surface area contributed by atoms with Crippen molar-refractivity contribution < 1.29 is 19.1 Å². The van der Waals surface area contributed by atoms with Gasteiger partial charge in [-0.3, -0.25) is 14.5 Å². The quantitative estimate of drug-likeness (QED) is 0.441. The molecule has 0 bridgehead atoms. The van der Waals surface area contributed by atoms with E-state index in [9.17, 15) is 14.4 Å². The maximum atomic E-state index is 13.4. The van der Waals surface area contributed by atoms with Crippen molar-refractivity contribution in [3.8, 4) is 11.3 Å². The van der Waals surface area contributed by atoms with Crippen molar-refractivity contribution in [3.05, 3.63) is 71.1 Å². The van der Waals surface area contributed by atoms with Crippen LogP contribution in [-0.2, 0) is 9.53 Å². The van der Waals surface area contributed by atoms with Crippen molar-refractivity contribution in [2.75, 3.05) is 11.9 Å². The molecule has 1 saturated carbocycles. The van der Waals surface area contributed by atoms with E-state index in [2.05, 4.69) is 15.6 Å². The summed E-state index contributed by atoms with van der Waals surface area (Å²) in [4.78, 5) is 44.8. The molecule has 1 aliphatic heterocycles. The highest BCUT2D eigenvalue weighted by Gasteiger charge is 2.42. The Hall–Kier alpha value is -3.72. The van der Waals surface area contributed by atoms with Crippen LogP contribution in [0.15, 0.2) is 60.0 Å². The fraction of sp³-hybridized carbons (Fsp3) is 0.379. The second-order valence-electron chi connectivity index (χ2n) is 10.8. The lowest BCUT2D eigenvalue weighted by atomic mass is 9.96. The van der Waals surface area contributed by atoms with E-state index in [1.807, 2.05) is 68.6 Å². The number of nitrogens with zero attached hydrogens (tertiary/aromatic N) is 2. The van der Waals surface area contributed by atoms with Crippen molar-refractivity contribution in [1.29, 1.82) is 0 Å². The molecule has 1 aromatic heterocycles. The number of amides is 3. The summed E-state index contributed by atoms with van der Waals surface area (Å²) >= 11 is 1.32. The number of nitrogens with one attached hydrogen (secondary N) is 2. The molecule has 2 atom stereocenters. The second-order valence-corrected chi connectivity index (χ2v) is 11.7. The number of anilines is 1. The summed E-state index contributed by atoms with van der Waals surface area (Å²) < 4.78 is 5.61. The summed E-state index contributed by atoms with van der Waals surface area (Å²) in [6.45, 7) is 5.84. The Morgan fingerprint density at radius 3 is 2.39 bits per heavy atom. The van der Waals surface area contributed by atoms with Crippen LogP contribution in [0.3, 0.4) is 0 Å². The summed E-state index contributed by atoms with van der Waals surface area (Å²) in [5.41, 5.74) is 2.59. The summed E-state index contributed by atoms with van der Waals surface area (Å²) in [6, 6.07) is 16.8. The first kappa shape index (κ1) is 25.9. The molecule has 5 rings (SSSR count). The summed E-state index contributed by atoms with van der Waals surface area (Å²) in [7, 11) is 0. The minimum Gasteiger partial charge on any atom is -0.444 e. The smallest absolute Gasteiger partial charge is 0.410 e. The fourth-order valence-corrected chi connectivity index (χ4v) is 5.24. The van der Waals surface area contributed by atoms with Gasteiger partial charge in [0.25, 0.3) is 5.91 Å². The Labute approximate surface area is 226 Å². The monoisotopic (exact) mass is 532 g/mol. The van der Waals surface area contributed by atoms with Gasteiger partial charge in [0.1, 0.15) is 11.6 Å². The van der Waals surface area contributed by atoms with Gasteiger partial charge in [0.05, 0.1) is 5.69 Å². The zero-order chi connectivity index (χ0) is 26.9. The zero-order valence-corrected chi connectivity index (χ0v) is 22.6. The number of carbonyl (C=O) groups is 3. The number of aromatic nitrogens is 1. The molecule has 38 heavy (non-hydrogen) atoms. The number of likely N-dealkylation sites (tertiary alicyclic amines) is 1. The third kappa shape index (κ3) is 6.22.